The number of hydrogen-bond acceptors (Lipinski definition) is 4. The molecule has 0 spiro atoms. The van der Waals surface area contributed by atoms with Crippen LogP contribution >= 0.6 is 0 Å². The summed E-state index contributed by atoms with van der Waals surface area (Å²) in [5, 5.41) is 3.24. The normalized spacial score (nSPS) is 21.9. The fourth-order valence-corrected chi connectivity index (χ4v) is 3.04. The van der Waals surface area contributed by atoms with Crippen molar-refractivity contribution in [2.24, 2.45) is 0 Å². The molecule has 5 nitrogen and oxygen atoms in total. The van der Waals surface area contributed by atoms with Gasteiger partial charge < -0.3 is 19.9 Å². The molecular weight excluding hydrogens is 285 g/mol. The number of ether oxygens (including phenoxy) is 1. The molecule has 1 unspecified atom stereocenters. The molecule has 0 aromatic heterocycles. The van der Waals surface area contributed by atoms with E-state index in [9.17, 15) is 9.18 Å². The average molecular weight is 307 g/mol. The van der Waals surface area contributed by atoms with Gasteiger partial charge in [-0.1, -0.05) is 0 Å². The third-order valence-electron chi connectivity index (χ3n) is 4.45. The number of rotatable bonds is 3. The number of carbonyl (C=O) groups is 1. The van der Waals surface area contributed by atoms with Crippen molar-refractivity contribution in [2.45, 2.75) is 12.5 Å². The lowest BCUT2D eigenvalue weighted by Crippen LogP contribution is -2.38. The van der Waals surface area contributed by atoms with Crippen molar-refractivity contribution >= 4 is 11.6 Å². The van der Waals surface area contributed by atoms with Crippen LogP contribution in [0.1, 0.15) is 16.8 Å². The Bertz CT molecular complexity index is 540. The number of nitrogens with zero attached hydrogens (tertiary/aromatic N) is 2. The van der Waals surface area contributed by atoms with Gasteiger partial charge in [-0.15, -0.1) is 0 Å². The molecule has 22 heavy (non-hydrogen) atoms. The Morgan fingerprint density at radius 3 is 2.82 bits per heavy atom. The first-order valence-corrected chi connectivity index (χ1v) is 7.77. The van der Waals surface area contributed by atoms with E-state index in [1.165, 1.54) is 6.07 Å². The van der Waals surface area contributed by atoms with Crippen molar-refractivity contribution in [1.82, 2.24) is 10.2 Å². The van der Waals surface area contributed by atoms with Crippen LogP contribution < -0.4 is 10.2 Å². The Kier molecular flexibility index (Phi) is 4.59. The van der Waals surface area contributed by atoms with Gasteiger partial charge in [-0.3, -0.25) is 4.79 Å². The summed E-state index contributed by atoms with van der Waals surface area (Å²) in [6, 6.07) is 4.96. The third-order valence-corrected chi connectivity index (χ3v) is 4.45. The molecule has 6 heteroatoms. The molecule has 2 fully saturated rings. The molecule has 0 saturated carbocycles. The average Bonchev–Trinajstić information content (AvgIpc) is 3.08. The smallest absolute Gasteiger partial charge is 0.253 e. The van der Waals surface area contributed by atoms with Gasteiger partial charge in [-0.2, -0.15) is 0 Å². The quantitative estimate of drug-likeness (QED) is 0.908. The Labute approximate surface area is 130 Å². The summed E-state index contributed by atoms with van der Waals surface area (Å²) in [5.41, 5.74) is 0.953. The largest absolute Gasteiger partial charge is 0.378 e. The van der Waals surface area contributed by atoms with Gasteiger partial charge in [0.05, 0.1) is 18.9 Å². The Balaban J connectivity index is 1.74. The van der Waals surface area contributed by atoms with Crippen molar-refractivity contribution in [3.8, 4) is 0 Å². The molecule has 0 bridgehead atoms. The zero-order valence-corrected chi connectivity index (χ0v) is 12.8. The standard InChI is InChI=1S/C16H22FN3O2/c1-19(13-4-5-18-11-13)16(21)12-2-3-15(14(17)10-12)20-6-8-22-9-7-20/h2-3,10,13,18H,4-9,11H2,1H3. The van der Waals surface area contributed by atoms with Gasteiger partial charge in [0.2, 0.25) is 0 Å². The molecule has 1 atom stereocenters. The van der Waals surface area contributed by atoms with Crippen molar-refractivity contribution in [3.05, 3.63) is 29.6 Å². The van der Waals surface area contributed by atoms with Crippen LogP contribution in [0.3, 0.4) is 0 Å². The fraction of sp³-hybridized carbons (Fsp3) is 0.562. The molecule has 1 amide bonds. The van der Waals surface area contributed by atoms with E-state index in [-0.39, 0.29) is 17.8 Å². The topological polar surface area (TPSA) is 44.8 Å². The minimum atomic E-state index is -0.342. The highest BCUT2D eigenvalue weighted by Gasteiger charge is 2.25. The van der Waals surface area contributed by atoms with E-state index >= 15 is 0 Å². The molecule has 0 radical (unpaired) electrons. The monoisotopic (exact) mass is 307 g/mol. The van der Waals surface area contributed by atoms with Gasteiger partial charge in [-0.05, 0) is 31.2 Å². The second kappa shape index (κ2) is 6.62. The number of morpholine rings is 1. The molecular formula is C16H22FN3O2. The van der Waals surface area contributed by atoms with Crippen molar-refractivity contribution in [1.29, 1.82) is 0 Å². The predicted molar refractivity (Wildman–Crippen MR) is 82.8 cm³/mol. The lowest BCUT2D eigenvalue weighted by Gasteiger charge is -2.29. The highest BCUT2D eigenvalue weighted by atomic mass is 19.1. The molecule has 2 aliphatic heterocycles. The summed E-state index contributed by atoms with van der Waals surface area (Å²) >= 11 is 0. The van der Waals surface area contributed by atoms with Crippen molar-refractivity contribution in [2.75, 3.05) is 51.3 Å². The number of carbonyl (C=O) groups excluding carboxylic acids is 1. The van der Waals surface area contributed by atoms with Gasteiger partial charge in [0.15, 0.2) is 0 Å². The van der Waals surface area contributed by atoms with E-state index < -0.39 is 0 Å². The number of hydrogen-bond donors (Lipinski definition) is 1. The Hall–Kier alpha value is -1.66. The lowest BCUT2D eigenvalue weighted by molar-refractivity contribution is 0.0743. The summed E-state index contributed by atoms with van der Waals surface area (Å²) < 4.78 is 19.7. The molecule has 2 aliphatic rings. The highest BCUT2D eigenvalue weighted by molar-refractivity contribution is 5.94. The second-order valence-corrected chi connectivity index (χ2v) is 5.83. The molecule has 1 aromatic carbocycles. The van der Waals surface area contributed by atoms with Gasteiger partial charge in [0.25, 0.3) is 5.91 Å². The SMILES string of the molecule is CN(C(=O)c1ccc(N2CCOCC2)c(F)c1)C1CCNC1. The lowest BCUT2D eigenvalue weighted by atomic mass is 10.1. The number of halogens is 1. The third kappa shape index (κ3) is 3.08. The van der Waals surface area contributed by atoms with E-state index in [4.69, 9.17) is 4.74 Å². The summed E-state index contributed by atoms with van der Waals surface area (Å²) in [4.78, 5) is 16.1. The number of anilines is 1. The van der Waals surface area contributed by atoms with E-state index in [1.807, 2.05) is 4.90 Å². The highest BCUT2D eigenvalue weighted by Crippen LogP contribution is 2.22. The second-order valence-electron chi connectivity index (χ2n) is 5.83. The van der Waals surface area contributed by atoms with Crippen LogP contribution in [-0.4, -0.2) is 63.3 Å². The van der Waals surface area contributed by atoms with Crippen molar-refractivity contribution in [3.63, 3.8) is 0 Å². The fourth-order valence-electron chi connectivity index (χ4n) is 3.04. The summed E-state index contributed by atoms with van der Waals surface area (Å²) in [5.74, 6) is -0.466. The minimum absolute atomic E-state index is 0.124. The Morgan fingerprint density at radius 1 is 1.41 bits per heavy atom. The van der Waals surface area contributed by atoms with Gasteiger partial charge in [0, 0.05) is 38.3 Å². The van der Waals surface area contributed by atoms with Crippen LogP contribution in [0, 0.1) is 5.82 Å². The van der Waals surface area contributed by atoms with Crippen LogP contribution in [0.5, 0.6) is 0 Å². The molecule has 1 aromatic rings. The van der Waals surface area contributed by atoms with E-state index in [2.05, 4.69) is 5.32 Å². The van der Waals surface area contributed by atoms with Gasteiger partial charge >= 0.3 is 0 Å². The molecule has 0 aliphatic carbocycles. The maximum atomic E-state index is 14.4. The zero-order chi connectivity index (χ0) is 15.5. The van der Waals surface area contributed by atoms with Crippen LogP contribution in [0.2, 0.25) is 0 Å². The Morgan fingerprint density at radius 2 is 2.18 bits per heavy atom. The maximum absolute atomic E-state index is 14.4. The first kappa shape index (κ1) is 15.2. The van der Waals surface area contributed by atoms with Crippen LogP contribution in [0.15, 0.2) is 18.2 Å². The first-order chi connectivity index (χ1) is 10.7. The molecule has 2 heterocycles. The number of benzene rings is 1. The molecule has 3 rings (SSSR count). The summed E-state index contributed by atoms with van der Waals surface area (Å²) in [6.45, 7) is 4.30. The summed E-state index contributed by atoms with van der Waals surface area (Å²) in [7, 11) is 1.79. The van der Waals surface area contributed by atoms with Crippen molar-refractivity contribution < 1.29 is 13.9 Å². The van der Waals surface area contributed by atoms with Crippen LogP contribution in [0.25, 0.3) is 0 Å². The van der Waals surface area contributed by atoms with E-state index in [1.54, 1.807) is 24.1 Å². The van der Waals surface area contributed by atoms with Crippen LogP contribution in [0.4, 0.5) is 10.1 Å². The first-order valence-electron chi connectivity index (χ1n) is 7.77. The number of amides is 1. The molecule has 1 N–H and O–H groups in total. The minimum Gasteiger partial charge on any atom is -0.378 e. The van der Waals surface area contributed by atoms with Crippen LogP contribution in [-0.2, 0) is 4.74 Å². The summed E-state index contributed by atoms with van der Waals surface area (Å²) in [6.07, 6.45) is 0.941. The number of likely N-dealkylation sites (N-methyl/N-ethyl adjacent to an activating group) is 1. The predicted octanol–water partition coefficient (Wildman–Crippen LogP) is 1.10. The van der Waals surface area contributed by atoms with E-state index in [0.717, 1.165) is 19.5 Å². The maximum Gasteiger partial charge on any atom is 0.253 e. The molecule has 2 saturated heterocycles. The van der Waals surface area contributed by atoms with Gasteiger partial charge in [-0.25, -0.2) is 4.39 Å². The molecule has 120 valence electrons. The van der Waals surface area contributed by atoms with E-state index in [0.29, 0.717) is 37.6 Å². The number of nitrogens with one attached hydrogen (secondary N) is 1. The van der Waals surface area contributed by atoms with Gasteiger partial charge in [0.1, 0.15) is 5.82 Å². The zero-order valence-electron chi connectivity index (χ0n) is 12.8.